The van der Waals surface area contributed by atoms with Crippen LogP contribution in [0.25, 0.3) is 10.9 Å². The third-order valence-corrected chi connectivity index (χ3v) is 5.48. The summed E-state index contributed by atoms with van der Waals surface area (Å²) in [6.07, 6.45) is 4.18. The normalized spacial score (nSPS) is 15.1. The van der Waals surface area contributed by atoms with Gasteiger partial charge < -0.3 is 14.8 Å². The Hall–Kier alpha value is -2.70. The van der Waals surface area contributed by atoms with Crippen LogP contribution in [0.1, 0.15) is 17.5 Å². The molecule has 0 amide bonds. The third kappa shape index (κ3) is 4.24. The summed E-state index contributed by atoms with van der Waals surface area (Å²) < 4.78 is 2.22. The lowest BCUT2D eigenvalue weighted by Crippen LogP contribution is -2.43. The molecule has 1 fully saturated rings. The zero-order chi connectivity index (χ0) is 19.3. The Balaban J connectivity index is 1.57. The molecular weight excluding hydrogens is 352 g/mol. The summed E-state index contributed by atoms with van der Waals surface area (Å²) in [7, 11) is 0. The standard InChI is InChI=1S/C22H26N4O2/c27-26(28)20-8-9-22-21(15-20)19(7-4-12-24-13-10-23-11-14-24)17-25(22)16-18-5-2-1-3-6-18/h1-3,5-6,8-9,15,17,23H,4,7,10-14,16H2. The second-order valence-corrected chi connectivity index (χ2v) is 7.42. The Morgan fingerprint density at radius 1 is 1.07 bits per heavy atom. The van der Waals surface area contributed by atoms with Crippen molar-refractivity contribution in [3.63, 3.8) is 0 Å². The molecule has 1 aliphatic rings. The lowest BCUT2D eigenvalue weighted by Gasteiger charge is -2.26. The molecule has 1 saturated heterocycles. The molecule has 146 valence electrons. The van der Waals surface area contributed by atoms with Gasteiger partial charge in [-0.05, 0) is 36.6 Å². The van der Waals surface area contributed by atoms with Crippen molar-refractivity contribution < 1.29 is 4.92 Å². The van der Waals surface area contributed by atoms with Crippen LogP contribution in [0.4, 0.5) is 5.69 Å². The van der Waals surface area contributed by atoms with E-state index < -0.39 is 0 Å². The fraction of sp³-hybridized carbons (Fsp3) is 0.364. The minimum Gasteiger partial charge on any atom is -0.343 e. The topological polar surface area (TPSA) is 63.3 Å². The molecule has 0 unspecified atom stereocenters. The number of non-ortho nitro benzene ring substituents is 1. The van der Waals surface area contributed by atoms with E-state index in [0.717, 1.165) is 63.0 Å². The molecular formula is C22H26N4O2. The molecule has 1 aromatic heterocycles. The number of aryl methyl sites for hydroxylation is 1. The Labute approximate surface area is 164 Å². The van der Waals surface area contributed by atoms with Gasteiger partial charge in [0.25, 0.3) is 5.69 Å². The second-order valence-electron chi connectivity index (χ2n) is 7.42. The SMILES string of the molecule is O=[N+]([O-])c1ccc2c(c1)c(CCCN1CCNCC1)cn2Cc1ccccc1. The average Bonchev–Trinajstić information content (AvgIpc) is 3.06. The van der Waals surface area contributed by atoms with Gasteiger partial charge in [0, 0.05) is 62.0 Å². The van der Waals surface area contributed by atoms with Crippen molar-refractivity contribution in [3.05, 3.63) is 76.0 Å². The third-order valence-electron chi connectivity index (χ3n) is 5.48. The number of hydrogen-bond donors (Lipinski definition) is 1. The molecule has 0 radical (unpaired) electrons. The van der Waals surface area contributed by atoms with E-state index in [1.54, 1.807) is 12.1 Å². The maximum absolute atomic E-state index is 11.3. The summed E-state index contributed by atoms with van der Waals surface area (Å²) >= 11 is 0. The van der Waals surface area contributed by atoms with Crippen LogP contribution >= 0.6 is 0 Å². The number of rotatable bonds is 7. The minimum absolute atomic E-state index is 0.160. The van der Waals surface area contributed by atoms with E-state index >= 15 is 0 Å². The number of aromatic nitrogens is 1. The van der Waals surface area contributed by atoms with Crippen molar-refractivity contribution in [2.45, 2.75) is 19.4 Å². The van der Waals surface area contributed by atoms with Crippen LogP contribution < -0.4 is 5.32 Å². The van der Waals surface area contributed by atoms with E-state index in [4.69, 9.17) is 0 Å². The van der Waals surface area contributed by atoms with Gasteiger partial charge >= 0.3 is 0 Å². The van der Waals surface area contributed by atoms with Crippen molar-refractivity contribution in [2.24, 2.45) is 0 Å². The molecule has 1 aliphatic heterocycles. The van der Waals surface area contributed by atoms with E-state index in [0.29, 0.717) is 0 Å². The van der Waals surface area contributed by atoms with Gasteiger partial charge in [-0.3, -0.25) is 10.1 Å². The highest BCUT2D eigenvalue weighted by atomic mass is 16.6. The van der Waals surface area contributed by atoms with Crippen LogP contribution in [0.5, 0.6) is 0 Å². The zero-order valence-electron chi connectivity index (χ0n) is 16.0. The monoisotopic (exact) mass is 378 g/mol. The van der Waals surface area contributed by atoms with Crippen LogP contribution in [0, 0.1) is 10.1 Å². The largest absolute Gasteiger partial charge is 0.343 e. The number of fused-ring (bicyclic) bond motifs is 1. The van der Waals surface area contributed by atoms with Gasteiger partial charge in [-0.2, -0.15) is 0 Å². The lowest BCUT2D eigenvalue weighted by atomic mass is 10.1. The fourth-order valence-electron chi connectivity index (χ4n) is 4.01. The van der Waals surface area contributed by atoms with Crippen LogP contribution in [-0.2, 0) is 13.0 Å². The van der Waals surface area contributed by atoms with Crippen LogP contribution in [0.2, 0.25) is 0 Å². The maximum atomic E-state index is 11.3. The van der Waals surface area contributed by atoms with Gasteiger partial charge in [-0.1, -0.05) is 30.3 Å². The molecule has 28 heavy (non-hydrogen) atoms. The Bertz CT molecular complexity index is 946. The Morgan fingerprint density at radius 2 is 1.86 bits per heavy atom. The van der Waals surface area contributed by atoms with E-state index in [2.05, 4.69) is 33.1 Å². The average molecular weight is 378 g/mol. The van der Waals surface area contributed by atoms with E-state index in [-0.39, 0.29) is 10.6 Å². The first-order valence-electron chi connectivity index (χ1n) is 9.94. The van der Waals surface area contributed by atoms with Gasteiger partial charge in [0.2, 0.25) is 0 Å². The first kappa shape index (κ1) is 18.7. The van der Waals surface area contributed by atoms with E-state index in [1.807, 2.05) is 24.3 Å². The summed E-state index contributed by atoms with van der Waals surface area (Å²) in [4.78, 5) is 13.4. The van der Waals surface area contributed by atoms with Crippen LogP contribution in [-0.4, -0.2) is 47.1 Å². The fourth-order valence-corrected chi connectivity index (χ4v) is 4.01. The van der Waals surface area contributed by atoms with Gasteiger partial charge in [-0.15, -0.1) is 0 Å². The minimum atomic E-state index is -0.307. The van der Waals surface area contributed by atoms with Gasteiger partial charge in [0.1, 0.15) is 0 Å². The van der Waals surface area contributed by atoms with Gasteiger partial charge in [0.15, 0.2) is 0 Å². The summed E-state index contributed by atoms with van der Waals surface area (Å²) in [5.74, 6) is 0. The summed E-state index contributed by atoms with van der Waals surface area (Å²) in [6, 6.07) is 15.5. The van der Waals surface area contributed by atoms with Gasteiger partial charge in [0.05, 0.1) is 4.92 Å². The van der Waals surface area contributed by atoms with Crippen molar-refractivity contribution in [1.29, 1.82) is 0 Å². The molecule has 1 N–H and O–H groups in total. The molecule has 0 atom stereocenters. The quantitative estimate of drug-likeness (QED) is 0.505. The molecule has 4 rings (SSSR count). The van der Waals surface area contributed by atoms with E-state index in [1.165, 1.54) is 11.1 Å². The number of benzene rings is 2. The zero-order valence-corrected chi connectivity index (χ0v) is 16.0. The predicted molar refractivity (Wildman–Crippen MR) is 112 cm³/mol. The highest BCUT2D eigenvalue weighted by Gasteiger charge is 2.15. The van der Waals surface area contributed by atoms with Gasteiger partial charge in [-0.25, -0.2) is 0 Å². The number of nitrogens with one attached hydrogen (secondary N) is 1. The van der Waals surface area contributed by atoms with E-state index in [9.17, 15) is 10.1 Å². The molecule has 6 heteroatoms. The molecule has 0 aliphatic carbocycles. The Kier molecular flexibility index (Phi) is 5.69. The molecule has 0 bridgehead atoms. The molecule has 6 nitrogen and oxygen atoms in total. The number of nitrogens with zero attached hydrogens (tertiary/aromatic N) is 3. The number of nitro groups is 1. The predicted octanol–water partition coefficient (Wildman–Crippen LogP) is 3.44. The summed E-state index contributed by atoms with van der Waals surface area (Å²) in [5, 5.41) is 15.6. The lowest BCUT2D eigenvalue weighted by molar-refractivity contribution is -0.384. The molecule has 2 aromatic carbocycles. The Morgan fingerprint density at radius 3 is 2.61 bits per heavy atom. The molecule has 3 aromatic rings. The maximum Gasteiger partial charge on any atom is 0.270 e. The number of hydrogen-bond acceptors (Lipinski definition) is 4. The number of nitro benzene ring substituents is 1. The van der Waals surface area contributed by atoms with Crippen molar-refractivity contribution >= 4 is 16.6 Å². The van der Waals surface area contributed by atoms with Crippen molar-refractivity contribution in [2.75, 3.05) is 32.7 Å². The summed E-state index contributed by atoms with van der Waals surface area (Å²) in [5.41, 5.74) is 3.65. The first-order chi connectivity index (χ1) is 13.7. The van der Waals surface area contributed by atoms with Crippen molar-refractivity contribution in [3.8, 4) is 0 Å². The molecule has 0 spiro atoms. The van der Waals surface area contributed by atoms with Crippen LogP contribution in [0.15, 0.2) is 54.7 Å². The molecule has 0 saturated carbocycles. The van der Waals surface area contributed by atoms with Crippen LogP contribution in [0.3, 0.4) is 0 Å². The summed E-state index contributed by atoms with van der Waals surface area (Å²) in [6.45, 7) is 6.16. The molecule has 2 heterocycles. The van der Waals surface area contributed by atoms with Crippen molar-refractivity contribution in [1.82, 2.24) is 14.8 Å². The highest BCUT2D eigenvalue weighted by Crippen LogP contribution is 2.28. The first-order valence-corrected chi connectivity index (χ1v) is 9.94. The smallest absolute Gasteiger partial charge is 0.270 e. The second kappa shape index (κ2) is 8.54. The highest BCUT2D eigenvalue weighted by molar-refractivity contribution is 5.86. The number of piperazine rings is 1.